The molecule has 1 aromatic rings. The van der Waals surface area contributed by atoms with Gasteiger partial charge in [0, 0.05) is 38.5 Å². The normalized spacial score (nSPS) is 22.9. The SMILES string of the molecule is O=C(CCn1cnnn1)N1CCC[C@@H](N2CCCC2=O)C1. The lowest BCUT2D eigenvalue weighted by Crippen LogP contribution is -2.50. The topological polar surface area (TPSA) is 84.2 Å². The quantitative estimate of drug-likeness (QED) is 0.759. The van der Waals surface area contributed by atoms with Crippen LogP contribution in [0.3, 0.4) is 0 Å². The Morgan fingerprint density at radius 3 is 2.95 bits per heavy atom. The van der Waals surface area contributed by atoms with Crippen LogP contribution in [0.15, 0.2) is 6.33 Å². The molecule has 114 valence electrons. The molecule has 1 aromatic heterocycles. The molecule has 2 aliphatic rings. The minimum absolute atomic E-state index is 0.113. The van der Waals surface area contributed by atoms with Gasteiger partial charge in [-0.05, 0) is 29.7 Å². The van der Waals surface area contributed by atoms with E-state index in [0.29, 0.717) is 25.9 Å². The van der Waals surface area contributed by atoms with E-state index in [-0.39, 0.29) is 17.9 Å². The van der Waals surface area contributed by atoms with E-state index in [9.17, 15) is 9.59 Å². The molecule has 0 aromatic carbocycles. The predicted octanol–water partition coefficient (Wildman–Crippen LogP) is -0.323. The van der Waals surface area contributed by atoms with Crippen LogP contribution in [0.1, 0.15) is 32.1 Å². The molecule has 2 aliphatic heterocycles. The molecular weight excluding hydrogens is 272 g/mol. The van der Waals surface area contributed by atoms with Crippen LogP contribution in [-0.2, 0) is 16.1 Å². The molecule has 0 unspecified atom stereocenters. The average Bonchev–Trinajstić information content (AvgIpc) is 3.16. The molecule has 0 spiro atoms. The summed E-state index contributed by atoms with van der Waals surface area (Å²) in [5, 5.41) is 10.9. The van der Waals surface area contributed by atoms with Gasteiger partial charge in [-0.1, -0.05) is 0 Å². The summed E-state index contributed by atoms with van der Waals surface area (Å²) in [6.45, 7) is 2.79. The number of likely N-dealkylation sites (tertiary alicyclic amines) is 2. The van der Waals surface area contributed by atoms with Crippen molar-refractivity contribution in [3.63, 3.8) is 0 Å². The molecule has 8 nitrogen and oxygen atoms in total. The van der Waals surface area contributed by atoms with Crippen LogP contribution in [0.5, 0.6) is 0 Å². The molecule has 2 fully saturated rings. The zero-order chi connectivity index (χ0) is 14.7. The first kappa shape index (κ1) is 14.0. The number of aryl methyl sites for hydroxylation is 1. The number of aromatic nitrogens is 4. The third-order valence-corrected chi connectivity index (χ3v) is 4.25. The van der Waals surface area contributed by atoms with Crippen molar-refractivity contribution in [3.05, 3.63) is 6.33 Å². The molecule has 3 heterocycles. The summed E-state index contributed by atoms with van der Waals surface area (Å²) in [6.07, 6.45) is 5.47. The van der Waals surface area contributed by atoms with Gasteiger partial charge in [0.2, 0.25) is 11.8 Å². The van der Waals surface area contributed by atoms with Gasteiger partial charge in [0.05, 0.1) is 6.54 Å². The second kappa shape index (κ2) is 6.19. The van der Waals surface area contributed by atoms with E-state index in [0.717, 1.165) is 32.4 Å². The van der Waals surface area contributed by atoms with Crippen molar-refractivity contribution < 1.29 is 9.59 Å². The van der Waals surface area contributed by atoms with Gasteiger partial charge < -0.3 is 9.80 Å². The Bertz CT molecular complexity index is 503. The number of piperidine rings is 1. The fourth-order valence-electron chi connectivity index (χ4n) is 3.14. The maximum atomic E-state index is 12.3. The highest BCUT2D eigenvalue weighted by atomic mass is 16.2. The Labute approximate surface area is 123 Å². The molecule has 0 aliphatic carbocycles. The molecule has 0 saturated carbocycles. The molecule has 2 amide bonds. The van der Waals surface area contributed by atoms with E-state index in [1.807, 2.05) is 9.80 Å². The number of amides is 2. The van der Waals surface area contributed by atoms with Gasteiger partial charge >= 0.3 is 0 Å². The molecule has 0 N–H and O–H groups in total. The lowest BCUT2D eigenvalue weighted by molar-refractivity contribution is -0.137. The molecular formula is C13H20N6O2. The van der Waals surface area contributed by atoms with Crippen molar-refractivity contribution >= 4 is 11.8 Å². The van der Waals surface area contributed by atoms with Crippen LogP contribution in [0.25, 0.3) is 0 Å². The molecule has 2 saturated heterocycles. The highest BCUT2D eigenvalue weighted by Gasteiger charge is 2.32. The van der Waals surface area contributed by atoms with Crippen LogP contribution >= 0.6 is 0 Å². The number of rotatable bonds is 4. The summed E-state index contributed by atoms with van der Waals surface area (Å²) in [5.41, 5.74) is 0. The predicted molar refractivity (Wildman–Crippen MR) is 73.0 cm³/mol. The Kier molecular flexibility index (Phi) is 4.12. The largest absolute Gasteiger partial charge is 0.341 e. The number of hydrogen-bond acceptors (Lipinski definition) is 5. The van der Waals surface area contributed by atoms with E-state index in [4.69, 9.17) is 0 Å². The van der Waals surface area contributed by atoms with Crippen LogP contribution in [0.4, 0.5) is 0 Å². The van der Waals surface area contributed by atoms with Gasteiger partial charge in [0.25, 0.3) is 0 Å². The third kappa shape index (κ3) is 3.20. The van der Waals surface area contributed by atoms with Crippen LogP contribution in [-0.4, -0.2) is 67.5 Å². The first-order valence-corrected chi connectivity index (χ1v) is 7.52. The van der Waals surface area contributed by atoms with Gasteiger partial charge in [-0.2, -0.15) is 0 Å². The maximum absolute atomic E-state index is 12.3. The standard InChI is InChI=1S/C13H20N6O2/c20-12(5-8-18-10-14-15-16-18)17-6-1-3-11(9-17)19-7-2-4-13(19)21/h10-11H,1-9H2/t11-/m1/s1. The number of carbonyl (C=O) groups excluding carboxylic acids is 2. The van der Waals surface area contributed by atoms with Gasteiger partial charge in [-0.3, -0.25) is 9.59 Å². The Morgan fingerprint density at radius 2 is 2.24 bits per heavy atom. The third-order valence-electron chi connectivity index (χ3n) is 4.25. The van der Waals surface area contributed by atoms with Gasteiger partial charge in [-0.15, -0.1) is 5.10 Å². The van der Waals surface area contributed by atoms with E-state index in [1.54, 1.807) is 4.68 Å². The molecule has 1 atom stereocenters. The van der Waals surface area contributed by atoms with Gasteiger partial charge in [-0.25, -0.2) is 4.68 Å². The van der Waals surface area contributed by atoms with Crippen molar-refractivity contribution in [2.45, 2.75) is 44.7 Å². The minimum Gasteiger partial charge on any atom is -0.341 e. The monoisotopic (exact) mass is 292 g/mol. The van der Waals surface area contributed by atoms with E-state index >= 15 is 0 Å². The summed E-state index contributed by atoms with van der Waals surface area (Å²) in [5.74, 6) is 0.352. The summed E-state index contributed by atoms with van der Waals surface area (Å²) in [7, 11) is 0. The molecule has 21 heavy (non-hydrogen) atoms. The average molecular weight is 292 g/mol. The molecule has 0 radical (unpaired) electrons. The molecule has 8 heteroatoms. The summed E-state index contributed by atoms with van der Waals surface area (Å²) < 4.78 is 1.56. The lowest BCUT2D eigenvalue weighted by atomic mass is 10.0. The highest BCUT2D eigenvalue weighted by molar-refractivity contribution is 5.79. The van der Waals surface area contributed by atoms with Crippen LogP contribution in [0.2, 0.25) is 0 Å². The first-order valence-electron chi connectivity index (χ1n) is 7.52. The summed E-state index contributed by atoms with van der Waals surface area (Å²) >= 11 is 0. The zero-order valence-electron chi connectivity index (χ0n) is 12.0. The van der Waals surface area contributed by atoms with E-state index in [1.165, 1.54) is 6.33 Å². The van der Waals surface area contributed by atoms with Crippen molar-refractivity contribution in [1.82, 2.24) is 30.0 Å². The van der Waals surface area contributed by atoms with Crippen molar-refractivity contribution in [2.75, 3.05) is 19.6 Å². The number of carbonyl (C=O) groups is 2. The minimum atomic E-state index is 0.113. The van der Waals surface area contributed by atoms with Crippen LogP contribution in [0, 0.1) is 0 Å². The van der Waals surface area contributed by atoms with Crippen LogP contribution < -0.4 is 0 Å². The van der Waals surface area contributed by atoms with E-state index in [2.05, 4.69) is 15.5 Å². The van der Waals surface area contributed by atoms with Crippen molar-refractivity contribution in [2.24, 2.45) is 0 Å². The number of nitrogens with zero attached hydrogens (tertiary/aromatic N) is 6. The fraction of sp³-hybridized carbons (Fsp3) is 0.769. The zero-order valence-corrected chi connectivity index (χ0v) is 12.0. The number of tetrazole rings is 1. The Balaban J connectivity index is 1.52. The smallest absolute Gasteiger partial charge is 0.224 e. The van der Waals surface area contributed by atoms with Crippen molar-refractivity contribution in [1.29, 1.82) is 0 Å². The Morgan fingerprint density at radius 1 is 1.33 bits per heavy atom. The Hall–Kier alpha value is -1.99. The summed E-state index contributed by atoms with van der Waals surface area (Å²) in [4.78, 5) is 27.9. The molecule has 0 bridgehead atoms. The van der Waals surface area contributed by atoms with Gasteiger partial charge in [0.1, 0.15) is 6.33 Å². The first-order chi connectivity index (χ1) is 10.2. The number of hydrogen-bond donors (Lipinski definition) is 0. The van der Waals surface area contributed by atoms with Crippen molar-refractivity contribution in [3.8, 4) is 0 Å². The second-order valence-corrected chi connectivity index (χ2v) is 5.65. The lowest BCUT2D eigenvalue weighted by Gasteiger charge is -2.37. The molecule has 3 rings (SSSR count). The van der Waals surface area contributed by atoms with E-state index < -0.39 is 0 Å². The fourth-order valence-corrected chi connectivity index (χ4v) is 3.14. The highest BCUT2D eigenvalue weighted by Crippen LogP contribution is 2.21. The second-order valence-electron chi connectivity index (χ2n) is 5.65. The van der Waals surface area contributed by atoms with Gasteiger partial charge in [0.15, 0.2) is 0 Å². The maximum Gasteiger partial charge on any atom is 0.224 e. The summed E-state index contributed by atoms with van der Waals surface area (Å²) in [6, 6.07) is 0.200.